The van der Waals surface area contributed by atoms with Crippen LogP contribution < -0.4 is 5.32 Å². The molecule has 90 valence electrons. The van der Waals surface area contributed by atoms with Crippen molar-refractivity contribution in [2.75, 3.05) is 18.5 Å². The summed E-state index contributed by atoms with van der Waals surface area (Å²) in [5.41, 5.74) is 0. The predicted octanol–water partition coefficient (Wildman–Crippen LogP) is 2.41. The third-order valence-corrected chi connectivity index (χ3v) is 1.97. The smallest absolute Gasteiger partial charge is 0.228 e. The molecule has 0 saturated heterocycles. The van der Waals surface area contributed by atoms with Crippen molar-refractivity contribution in [2.45, 2.75) is 26.4 Å². The van der Waals surface area contributed by atoms with Crippen LogP contribution in [0.2, 0.25) is 10.6 Å². The van der Waals surface area contributed by atoms with Gasteiger partial charge in [-0.25, -0.2) is 0 Å². The molecule has 0 radical (unpaired) electrons. The first kappa shape index (κ1) is 13.4. The van der Waals surface area contributed by atoms with Crippen molar-refractivity contribution in [1.29, 1.82) is 0 Å². The summed E-state index contributed by atoms with van der Waals surface area (Å²) in [6, 6.07) is 0. The van der Waals surface area contributed by atoms with Gasteiger partial charge in [0.05, 0.1) is 6.10 Å². The largest absolute Gasteiger partial charge is 0.379 e. The zero-order chi connectivity index (χ0) is 12.0. The molecule has 0 amide bonds. The van der Waals surface area contributed by atoms with E-state index in [0.717, 1.165) is 6.42 Å². The lowest BCUT2D eigenvalue weighted by Gasteiger charge is -2.08. The van der Waals surface area contributed by atoms with Crippen LogP contribution in [0.3, 0.4) is 0 Å². The van der Waals surface area contributed by atoms with E-state index in [4.69, 9.17) is 27.9 Å². The van der Waals surface area contributed by atoms with E-state index < -0.39 is 0 Å². The lowest BCUT2D eigenvalue weighted by molar-refractivity contribution is 0.0787. The van der Waals surface area contributed by atoms with E-state index in [1.54, 1.807) is 0 Å². The number of nitrogens with zero attached hydrogens (tertiary/aromatic N) is 3. The molecule has 16 heavy (non-hydrogen) atoms. The summed E-state index contributed by atoms with van der Waals surface area (Å²) < 4.78 is 5.38. The molecule has 0 aromatic carbocycles. The first-order valence-corrected chi connectivity index (χ1v) is 5.76. The average Bonchev–Trinajstić information content (AvgIpc) is 2.15. The van der Waals surface area contributed by atoms with E-state index in [-0.39, 0.29) is 16.7 Å². The second-order valence-electron chi connectivity index (χ2n) is 3.40. The van der Waals surface area contributed by atoms with Crippen molar-refractivity contribution < 1.29 is 4.74 Å². The maximum Gasteiger partial charge on any atom is 0.228 e. The Morgan fingerprint density at radius 1 is 1.19 bits per heavy atom. The molecule has 0 atom stereocenters. The Morgan fingerprint density at radius 2 is 1.81 bits per heavy atom. The summed E-state index contributed by atoms with van der Waals surface area (Å²) in [6.45, 7) is 5.39. The van der Waals surface area contributed by atoms with Crippen LogP contribution in [-0.2, 0) is 4.74 Å². The molecule has 0 aliphatic carbocycles. The maximum atomic E-state index is 5.62. The summed E-state index contributed by atoms with van der Waals surface area (Å²) in [5, 5.41) is 3.16. The summed E-state index contributed by atoms with van der Waals surface area (Å²) in [6.07, 6.45) is 1.11. The molecule has 1 aromatic rings. The van der Waals surface area contributed by atoms with E-state index in [9.17, 15) is 0 Å². The molecule has 1 N–H and O–H groups in total. The first-order valence-electron chi connectivity index (χ1n) is 5.00. The van der Waals surface area contributed by atoms with Crippen LogP contribution in [0.4, 0.5) is 5.95 Å². The van der Waals surface area contributed by atoms with E-state index in [0.29, 0.717) is 19.1 Å². The summed E-state index contributed by atoms with van der Waals surface area (Å²) in [4.78, 5) is 11.4. The van der Waals surface area contributed by atoms with Gasteiger partial charge >= 0.3 is 0 Å². The fraction of sp³-hybridized carbons (Fsp3) is 0.667. The van der Waals surface area contributed by atoms with E-state index in [1.165, 1.54) is 0 Å². The molecule has 1 aromatic heterocycles. The highest BCUT2D eigenvalue weighted by atomic mass is 35.5. The third kappa shape index (κ3) is 5.44. The lowest BCUT2D eigenvalue weighted by Crippen LogP contribution is -2.11. The van der Waals surface area contributed by atoms with Crippen LogP contribution in [0, 0.1) is 0 Å². The Bertz CT molecular complexity index is 315. The van der Waals surface area contributed by atoms with Gasteiger partial charge in [-0.15, -0.1) is 0 Å². The quantitative estimate of drug-likeness (QED) is 0.800. The molecule has 0 fully saturated rings. The van der Waals surface area contributed by atoms with Gasteiger partial charge in [0.15, 0.2) is 0 Å². The maximum absolute atomic E-state index is 5.62. The number of nitrogens with one attached hydrogen (secondary N) is 1. The van der Waals surface area contributed by atoms with Gasteiger partial charge in [0.25, 0.3) is 0 Å². The molecular formula is C9H14Cl2N4O. The van der Waals surface area contributed by atoms with Crippen LogP contribution in [0.25, 0.3) is 0 Å². The highest BCUT2D eigenvalue weighted by Gasteiger charge is 2.02. The van der Waals surface area contributed by atoms with Crippen LogP contribution in [-0.4, -0.2) is 34.2 Å². The molecule has 0 spiro atoms. The average molecular weight is 265 g/mol. The van der Waals surface area contributed by atoms with E-state index in [2.05, 4.69) is 20.3 Å². The number of ether oxygens (including phenoxy) is 1. The van der Waals surface area contributed by atoms with Gasteiger partial charge in [-0.2, -0.15) is 15.0 Å². The topological polar surface area (TPSA) is 59.9 Å². The third-order valence-electron chi connectivity index (χ3n) is 1.64. The van der Waals surface area contributed by atoms with Crippen LogP contribution in [0.1, 0.15) is 20.3 Å². The number of hydrogen-bond donors (Lipinski definition) is 1. The summed E-state index contributed by atoms with van der Waals surface area (Å²) in [7, 11) is 0. The molecule has 0 unspecified atom stereocenters. The van der Waals surface area contributed by atoms with Gasteiger partial charge in [-0.1, -0.05) is 0 Å². The van der Waals surface area contributed by atoms with Gasteiger partial charge in [0.2, 0.25) is 16.5 Å². The van der Waals surface area contributed by atoms with E-state index in [1.807, 2.05) is 13.8 Å². The fourth-order valence-electron chi connectivity index (χ4n) is 0.996. The number of anilines is 1. The van der Waals surface area contributed by atoms with Gasteiger partial charge < -0.3 is 10.1 Å². The molecule has 1 rings (SSSR count). The minimum absolute atomic E-state index is 0.0842. The summed E-state index contributed by atoms with van der Waals surface area (Å²) in [5.74, 6) is 0.384. The Hall–Kier alpha value is -0.650. The molecule has 0 saturated carbocycles. The number of aromatic nitrogens is 3. The Balaban J connectivity index is 2.26. The van der Waals surface area contributed by atoms with Gasteiger partial charge in [0.1, 0.15) is 0 Å². The van der Waals surface area contributed by atoms with Gasteiger partial charge in [-0.05, 0) is 43.5 Å². The minimum atomic E-state index is 0.0842. The van der Waals surface area contributed by atoms with E-state index >= 15 is 0 Å². The molecular weight excluding hydrogens is 251 g/mol. The van der Waals surface area contributed by atoms with Crippen molar-refractivity contribution in [1.82, 2.24) is 15.0 Å². The Labute approximate surface area is 105 Å². The minimum Gasteiger partial charge on any atom is -0.379 e. The van der Waals surface area contributed by atoms with Crippen molar-refractivity contribution in [3.63, 3.8) is 0 Å². The number of halogens is 2. The Kier molecular flexibility index (Phi) is 5.73. The zero-order valence-corrected chi connectivity index (χ0v) is 10.7. The SMILES string of the molecule is CC(C)OCCCNc1nc(Cl)nc(Cl)n1. The van der Waals surface area contributed by atoms with Crippen molar-refractivity contribution in [3.05, 3.63) is 10.6 Å². The molecule has 1 heterocycles. The van der Waals surface area contributed by atoms with Gasteiger partial charge in [-0.3, -0.25) is 0 Å². The fourth-order valence-corrected chi connectivity index (χ4v) is 1.36. The highest BCUT2D eigenvalue weighted by Crippen LogP contribution is 2.09. The van der Waals surface area contributed by atoms with Crippen LogP contribution >= 0.6 is 23.2 Å². The second-order valence-corrected chi connectivity index (χ2v) is 4.07. The Morgan fingerprint density at radius 3 is 2.38 bits per heavy atom. The monoisotopic (exact) mass is 264 g/mol. The lowest BCUT2D eigenvalue weighted by atomic mass is 10.4. The second kappa shape index (κ2) is 6.83. The zero-order valence-electron chi connectivity index (χ0n) is 9.20. The van der Waals surface area contributed by atoms with Crippen molar-refractivity contribution in [3.8, 4) is 0 Å². The predicted molar refractivity (Wildman–Crippen MR) is 64.0 cm³/mol. The molecule has 7 heteroatoms. The van der Waals surface area contributed by atoms with Crippen LogP contribution in [0.5, 0.6) is 0 Å². The standard InChI is InChI=1S/C9H14Cl2N4O/c1-6(2)16-5-3-4-12-9-14-7(10)13-8(11)15-9/h6H,3-5H2,1-2H3,(H,12,13,14,15). The molecule has 0 bridgehead atoms. The number of rotatable bonds is 6. The van der Waals surface area contributed by atoms with Crippen molar-refractivity contribution >= 4 is 29.2 Å². The summed E-state index contributed by atoms with van der Waals surface area (Å²) >= 11 is 11.2. The molecule has 5 nitrogen and oxygen atoms in total. The van der Waals surface area contributed by atoms with Crippen LogP contribution in [0.15, 0.2) is 0 Å². The normalized spacial score (nSPS) is 10.8. The molecule has 0 aliphatic heterocycles. The highest BCUT2D eigenvalue weighted by molar-refractivity contribution is 6.31. The van der Waals surface area contributed by atoms with Crippen molar-refractivity contribution in [2.24, 2.45) is 0 Å². The number of hydrogen-bond acceptors (Lipinski definition) is 5. The first-order chi connectivity index (χ1) is 7.58. The van der Waals surface area contributed by atoms with Gasteiger partial charge in [0, 0.05) is 13.2 Å². The molecule has 0 aliphatic rings.